The van der Waals surface area contributed by atoms with Gasteiger partial charge in [-0.05, 0) is 38.0 Å². The summed E-state index contributed by atoms with van der Waals surface area (Å²) in [5.41, 5.74) is 11.2. The predicted octanol–water partition coefficient (Wildman–Crippen LogP) is 2.77. The van der Waals surface area contributed by atoms with Gasteiger partial charge in [-0.2, -0.15) is 14.8 Å². The zero-order valence-electron chi connectivity index (χ0n) is 11.3. The molecule has 5 nitrogen and oxygen atoms in total. The highest BCUT2D eigenvalue weighted by atomic mass is 16.4. The third kappa shape index (κ3) is 1.69. The molecule has 0 saturated heterocycles. The van der Waals surface area contributed by atoms with Crippen molar-refractivity contribution in [2.24, 2.45) is 0 Å². The molecule has 0 aliphatic rings. The molecule has 3 aromatic rings. The van der Waals surface area contributed by atoms with E-state index < -0.39 is 0 Å². The number of benzene rings is 1. The molecule has 2 N–H and O–H groups in total. The molecule has 0 spiro atoms. The molecule has 2 heterocycles. The van der Waals surface area contributed by atoms with E-state index in [9.17, 15) is 0 Å². The van der Waals surface area contributed by atoms with Gasteiger partial charge in [0.1, 0.15) is 5.52 Å². The molecule has 0 fully saturated rings. The van der Waals surface area contributed by atoms with Gasteiger partial charge in [0.05, 0.1) is 11.4 Å². The fourth-order valence-corrected chi connectivity index (χ4v) is 2.42. The van der Waals surface area contributed by atoms with Crippen LogP contribution in [0, 0.1) is 13.8 Å². The Morgan fingerprint density at radius 3 is 2.74 bits per heavy atom. The summed E-state index contributed by atoms with van der Waals surface area (Å²) in [6.45, 7) is 6.14. The van der Waals surface area contributed by atoms with E-state index >= 15 is 0 Å². The lowest BCUT2D eigenvalue weighted by Gasteiger charge is -1.98. The van der Waals surface area contributed by atoms with Gasteiger partial charge in [-0.1, -0.05) is 13.0 Å². The van der Waals surface area contributed by atoms with E-state index in [0.29, 0.717) is 22.8 Å². The van der Waals surface area contributed by atoms with Gasteiger partial charge in [0, 0.05) is 5.69 Å². The first kappa shape index (κ1) is 11.8. The SMILES string of the molecule is CCc1c(C)nn(-c2nc3c(N)cccc3o2)c1C. The van der Waals surface area contributed by atoms with Crippen LogP contribution in [0.2, 0.25) is 0 Å². The van der Waals surface area contributed by atoms with Crippen molar-refractivity contribution in [2.45, 2.75) is 27.2 Å². The van der Waals surface area contributed by atoms with Crippen LogP contribution in [-0.4, -0.2) is 14.8 Å². The van der Waals surface area contributed by atoms with Crippen molar-refractivity contribution in [1.82, 2.24) is 14.8 Å². The molecular weight excluding hydrogens is 240 g/mol. The van der Waals surface area contributed by atoms with Gasteiger partial charge >= 0.3 is 6.01 Å². The van der Waals surface area contributed by atoms with Crippen LogP contribution < -0.4 is 5.73 Å². The summed E-state index contributed by atoms with van der Waals surface area (Å²) >= 11 is 0. The first-order valence-electron chi connectivity index (χ1n) is 6.32. The second-order valence-corrected chi connectivity index (χ2v) is 4.61. The Morgan fingerprint density at radius 2 is 2.11 bits per heavy atom. The fourth-order valence-electron chi connectivity index (χ4n) is 2.42. The van der Waals surface area contributed by atoms with Crippen molar-refractivity contribution in [3.05, 3.63) is 35.2 Å². The number of nitrogens with two attached hydrogens (primary N) is 1. The van der Waals surface area contributed by atoms with E-state index in [1.54, 1.807) is 4.68 Å². The third-order valence-corrected chi connectivity index (χ3v) is 3.41. The van der Waals surface area contributed by atoms with Crippen molar-refractivity contribution in [1.29, 1.82) is 0 Å². The molecule has 0 atom stereocenters. The summed E-state index contributed by atoms with van der Waals surface area (Å²) in [6, 6.07) is 5.99. The Kier molecular flexibility index (Phi) is 2.55. The van der Waals surface area contributed by atoms with E-state index in [4.69, 9.17) is 10.2 Å². The van der Waals surface area contributed by atoms with Crippen molar-refractivity contribution >= 4 is 16.8 Å². The van der Waals surface area contributed by atoms with Gasteiger partial charge in [-0.3, -0.25) is 0 Å². The van der Waals surface area contributed by atoms with Crippen LogP contribution in [0.15, 0.2) is 22.6 Å². The second-order valence-electron chi connectivity index (χ2n) is 4.61. The minimum atomic E-state index is 0.466. The molecule has 0 amide bonds. The lowest BCUT2D eigenvalue weighted by molar-refractivity contribution is 0.536. The van der Waals surface area contributed by atoms with Crippen molar-refractivity contribution in [3.8, 4) is 6.01 Å². The molecule has 19 heavy (non-hydrogen) atoms. The first-order chi connectivity index (χ1) is 9.11. The molecule has 1 aromatic carbocycles. The smallest absolute Gasteiger partial charge is 0.324 e. The van der Waals surface area contributed by atoms with Crippen LogP contribution in [0.4, 0.5) is 5.69 Å². The number of aryl methyl sites for hydroxylation is 1. The van der Waals surface area contributed by atoms with Crippen molar-refractivity contribution in [2.75, 3.05) is 5.73 Å². The van der Waals surface area contributed by atoms with Gasteiger partial charge in [0.2, 0.25) is 0 Å². The lowest BCUT2D eigenvalue weighted by Crippen LogP contribution is -1.99. The number of para-hydroxylation sites is 1. The predicted molar refractivity (Wildman–Crippen MR) is 74.4 cm³/mol. The average molecular weight is 256 g/mol. The molecule has 2 aromatic heterocycles. The second kappa shape index (κ2) is 4.12. The minimum Gasteiger partial charge on any atom is -0.422 e. The van der Waals surface area contributed by atoms with Crippen LogP contribution in [0.5, 0.6) is 0 Å². The summed E-state index contributed by atoms with van der Waals surface area (Å²) in [4.78, 5) is 4.44. The van der Waals surface area contributed by atoms with Crippen LogP contribution in [0.1, 0.15) is 23.9 Å². The highest BCUT2D eigenvalue weighted by Gasteiger charge is 2.16. The number of rotatable bonds is 2. The number of oxazole rings is 1. The molecule has 0 aliphatic heterocycles. The van der Waals surface area contributed by atoms with E-state index in [0.717, 1.165) is 17.8 Å². The van der Waals surface area contributed by atoms with Crippen LogP contribution in [0.25, 0.3) is 17.1 Å². The Labute approximate surface area is 111 Å². The zero-order chi connectivity index (χ0) is 13.6. The van der Waals surface area contributed by atoms with Gasteiger partial charge in [0.25, 0.3) is 0 Å². The summed E-state index contributed by atoms with van der Waals surface area (Å²) in [7, 11) is 0. The maximum absolute atomic E-state index is 5.89. The largest absolute Gasteiger partial charge is 0.422 e. The highest BCUT2D eigenvalue weighted by Crippen LogP contribution is 2.25. The van der Waals surface area contributed by atoms with Crippen LogP contribution in [0.3, 0.4) is 0 Å². The molecular formula is C14H16N4O. The van der Waals surface area contributed by atoms with Crippen LogP contribution >= 0.6 is 0 Å². The van der Waals surface area contributed by atoms with Gasteiger partial charge in [-0.25, -0.2) is 0 Å². The Balaban J connectivity index is 2.22. The summed E-state index contributed by atoms with van der Waals surface area (Å²) < 4.78 is 7.48. The summed E-state index contributed by atoms with van der Waals surface area (Å²) in [5.74, 6) is 0. The monoisotopic (exact) mass is 256 g/mol. The van der Waals surface area contributed by atoms with E-state index in [2.05, 4.69) is 17.0 Å². The number of hydrogen-bond acceptors (Lipinski definition) is 4. The molecule has 0 saturated carbocycles. The number of fused-ring (bicyclic) bond motifs is 1. The number of aromatic nitrogens is 3. The van der Waals surface area contributed by atoms with Gasteiger partial charge in [-0.15, -0.1) is 0 Å². The first-order valence-corrected chi connectivity index (χ1v) is 6.32. The number of anilines is 1. The fraction of sp³-hybridized carbons (Fsp3) is 0.286. The van der Waals surface area contributed by atoms with Gasteiger partial charge < -0.3 is 10.2 Å². The molecule has 0 bridgehead atoms. The van der Waals surface area contributed by atoms with Crippen LogP contribution in [-0.2, 0) is 6.42 Å². The average Bonchev–Trinajstić information content (AvgIpc) is 2.92. The normalized spacial score (nSPS) is 11.3. The standard InChI is InChI=1S/C14H16N4O/c1-4-10-8(2)17-18(9(10)3)14-16-13-11(15)6-5-7-12(13)19-14/h5-7H,4,15H2,1-3H3. The molecule has 0 unspecified atom stereocenters. The van der Waals surface area contributed by atoms with E-state index in [1.165, 1.54) is 5.56 Å². The molecule has 3 rings (SSSR count). The maximum atomic E-state index is 5.89. The van der Waals surface area contributed by atoms with Crippen molar-refractivity contribution in [3.63, 3.8) is 0 Å². The van der Waals surface area contributed by atoms with E-state index in [-0.39, 0.29) is 0 Å². The third-order valence-electron chi connectivity index (χ3n) is 3.41. The Hall–Kier alpha value is -2.30. The maximum Gasteiger partial charge on any atom is 0.324 e. The highest BCUT2D eigenvalue weighted by molar-refractivity contribution is 5.85. The molecule has 0 aliphatic carbocycles. The number of nitrogen functional groups attached to an aromatic ring is 1. The number of hydrogen-bond donors (Lipinski definition) is 1. The Morgan fingerprint density at radius 1 is 1.32 bits per heavy atom. The summed E-state index contributed by atoms with van der Waals surface area (Å²) in [5, 5.41) is 4.50. The zero-order valence-corrected chi connectivity index (χ0v) is 11.3. The molecule has 98 valence electrons. The van der Waals surface area contributed by atoms with Crippen molar-refractivity contribution < 1.29 is 4.42 Å². The molecule has 0 radical (unpaired) electrons. The quantitative estimate of drug-likeness (QED) is 0.716. The number of nitrogens with zero attached hydrogens (tertiary/aromatic N) is 3. The van der Waals surface area contributed by atoms with E-state index in [1.807, 2.05) is 32.0 Å². The Bertz CT molecular complexity index is 754. The van der Waals surface area contributed by atoms with Gasteiger partial charge in [0.15, 0.2) is 5.58 Å². The minimum absolute atomic E-state index is 0.466. The lowest BCUT2D eigenvalue weighted by atomic mass is 10.1. The molecule has 5 heteroatoms. The topological polar surface area (TPSA) is 69.9 Å². The summed E-state index contributed by atoms with van der Waals surface area (Å²) in [6.07, 6.45) is 0.944.